The van der Waals surface area contributed by atoms with Gasteiger partial charge in [0.25, 0.3) is 5.91 Å². The summed E-state index contributed by atoms with van der Waals surface area (Å²) in [5.41, 5.74) is 3.47. The van der Waals surface area contributed by atoms with Crippen LogP contribution in [0.3, 0.4) is 0 Å². The van der Waals surface area contributed by atoms with Crippen molar-refractivity contribution in [2.75, 3.05) is 61.0 Å². The second-order valence-corrected chi connectivity index (χ2v) is 11.6. The van der Waals surface area contributed by atoms with Gasteiger partial charge < -0.3 is 19.9 Å². The minimum atomic E-state index is -0.689. The summed E-state index contributed by atoms with van der Waals surface area (Å²) in [6.45, 7) is 9.60. The third kappa shape index (κ3) is 7.73. The van der Waals surface area contributed by atoms with Crippen LogP contribution in [0.1, 0.15) is 31.7 Å². The molecule has 5 rings (SSSR count). The molecular formula is C34H40FN5O3S. The molecule has 2 saturated heterocycles. The number of carbonyl (C=O) groups is 2. The van der Waals surface area contributed by atoms with Crippen molar-refractivity contribution in [2.45, 2.75) is 39.2 Å². The first-order valence-electron chi connectivity index (χ1n) is 15.3. The number of carbonyl (C=O) groups excluding carboxylic acids is 2. The Bertz CT molecular complexity index is 1430. The van der Waals surface area contributed by atoms with Crippen molar-refractivity contribution in [2.24, 2.45) is 0 Å². The summed E-state index contributed by atoms with van der Waals surface area (Å²) in [5.74, 6) is 0.0817. The van der Waals surface area contributed by atoms with Gasteiger partial charge in [0.05, 0.1) is 18.7 Å². The summed E-state index contributed by atoms with van der Waals surface area (Å²) < 4.78 is 19.0. The normalized spacial score (nSPS) is 17.3. The van der Waals surface area contributed by atoms with Gasteiger partial charge in [-0.05, 0) is 99.2 Å². The fraction of sp³-hybridized carbons (Fsp3) is 0.382. The number of amides is 2. The number of nitrogens with zero attached hydrogens (tertiary/aromatic N) is 4. The molecule has 0 radical (unpaired) electrons. The predicted octanol–water partition coefficient (Wildman–Crippen LogP) is 5.47. The standard InChI is InChI=1S/C34H40FN5O3S/c1-3-23-43-30-15-9-27(10-16-30)36-32(41)24-31-33(42)40(29-11-5-25(2)6-12-29)34(44)39(31)18-4-17-37-19-21-38(22-20-37)28-13-7-26(35)8-14-28/h5-16,31H,3-4,17-24H2,1-2H3,(H,36,41)/t31-/m0/s1. The quantitative estimate of drug-likeness (QED) is 0.271. The number of hydrogen-bond acceptors (Lipinski definition) is 6. The van der Waals surface area contributed by atoms with Gasteiger partial charge in [-0.3, -0.25) is 19.4 Å². The lowest BCUT2D eigenvalue weighted by atomic mass is 10.1. The molecule has 1 atom stereocenters. The summed E-state index contributed by atoms with van der Waals surface area (Å²) >= 11 is 5.85. The Morgan fingerprint density at radius 1 is 0.932 bits per heavy atom. The van der Waals surface area contributed by atoms with E-state index in [2.05, 4.69) is 15.1 Å². The Labute approximate surface area is 264 Å². The largest absolute Gasteiger partial charge is 0.494 e. The number of benzene rings is 3. The maximum Gasteiger partial charge on any atom is 0.256 e. The van der Waals surface area contributed by atoms with E-state index in [1.165, 1.54) is 12.1 Å². The molecule has 232 valence electrons. The number of nitrogens with one attached hydrogen (secondary N) is 1. The molecule has 0 saturated carbocycles. The minimum Gasteiger partial charge on any atom is -0.494 e. The highest BCUT2D eigenvalue weighted by molar-refractivity contribution is 7.80. The number of hydrogen-bond donors (Lipinski definition) is 1. The highest BCUT2D eigenvalue weighted by Gasteiger charge is 2.43. The smallest absolute Gasteiger partial charge is 0.256 e. The fourth-order valence-electron chi connectivity index (χ4n) is 5.61. The van der Waals surface area contributed by atoms with Crippen molar-refractivity contribution in [3.8, 4) is 5.75 Å². The van der Waals surface area contributed by atoms with E-state index in [1.807, 2.05) is 67.3 Å². The van der Waals surface area contributed by atoms with Crippen LogP contribution in [-0.2, 0) is 9.59 Å². The molecule has 8 nitrogen and oxygen atoms in total. The molecule has 2 fully saturated rings. The van der Waals surface area contributed by atoms with Crippen LogP contribution in [-0.4, -0.2) is 78.6 Å². The third-order valence-corrected chi connectivity index (χ3v) is 8.46. The summed E-state index contributed by atoms with van der Waals surface area (Å²) in [4.78, 5) is 35.1. The lowest BCUT2D eigenvalue weighted by Crippen LogP contribution is -2.47. The molecular weight excluding hydrogens is 577 g/mol. The van der Waals surface area contributed by atoms with Crippen molar-refractivity contribution >= 4 is 46.2 Å². The van der Waals surface area contributed by atoms with Crippen LogP contribution >= 0.6 is 12.2 Å². The van der Waals surface area contributed by atoms with Gasteiger partial charge in [0.15, 0.2) is 5.11 Å². The number of ether oxygens (including phenoxy) is 1. The van der Waals surface area contributed by atoms with Crippen LogP contribution < -0.4 is 19.9 Å². The Balaban J connectivity index is 1.20. The van der Waals surface area contributed by atoms with E-state index >= 15 is 0 Å². The van der Waals surface area contributed by atoms with E-state index in [9.17, 15) is 14.0 Å². The Morgan fingerprint density at radius 3 is 2.25 bits per heavy atom. The van der Waals surface area contributed by atoms with Crippen LogP contribution in [0.15, 0.2) is 72.8 Å². The molecule has 2 aliphatic heterocycles. The Morgan fingerprint density at radius 2 is 1.59 bits per heavy atom. The summed E-state index contributed by atoms with van der Waals surface area (Å²) in [6, 6.07) is 20.9. The van der Waals surface area contributed by atoms with Crippen molar-refractivity contribution in [3.63, 3.8) is 0 Å². The van der Waals surface area contributed by atoms with E-state index in [4.69, 9.17) is 17.0 Å². The zero-order valence-corrected chi connectivity index (χ0v) is 26.2. The second kappa shape index (κ2) is 14.6. The molecule has 3 aromatic carbocycles. The number of aryl methyl sites for hydroxylation is 1. The van der Waals surface area contributed by atoms with Crippen LogP contribution in [0.4, 0.5) is 21.5 Å². The third-order valence-electron chi connectivity index (χ3n) is 8.04. The molecule has 0 spiro atoms. The van der Waals surface area contributed by atoms with Crippen LogP contribution in [0.25, 0.3) is 0 Å². The van der Waals surface area contributed by atoms with Gasteiger partial charge in [-0.1, -0.05) is 24.6 Å². The molecule has 1 N–H and O–H groups in total. The molecule has 44 heavy (non-hydrogen) atoms. The monoisotopic (exact) mass is 617 g/mol. The van der Waals surface area contributed by atoms with Crippen molar-refractivity contribution in [1.29, 1.82) is 0 Å². The van der Waals surface area contributed by atoms with Crippen molar-refractivity contribution < 1.29 is 18.7 Å². The molecule has 0 unspecified atom stereocenters. The van der Waals surface area contributed by atoms with Gasteiger partial charge in [-0.15, -0.1) is 0 Å². The molecule has 2 amide bonds. The van der Waals surface area contributed by atoms with Crippen LogP contribution in [0.5, 0.6) is 5.75 Å². The number of rotatable bonds is 12. The van der Waals surface area contributed by atoms with Crippen molar-refractivity contribution in [1.82, 2.24) is 9.80 Å². The highest BCUT2D eigenvalue weighted by atomic mass is 32.1. The van der Waals surface area contributed by atoms with E-state index in [0.717, 1.165) is 62.6 Å². The lowest BCUT2D eigenvalue weighted by Gasteiger charge is -2.36. The predicted molar refractivity (Wildman–Crippen MR) is 177 cm³/mol. The maximum absolute atomic E-state index is 13.8. The number of piperazine rings is 1. The Kier molecular flexibility index (Phi) is 10.4. The summed E-state index contributed by atoms with van der Waals surface area (Å²) in [7, 11) is 0. The SMILES string of the molecule is CCCOc1ccc(NC(=O)C[C@H]2C(=O)N(c3ccc(C)cc3)C(=S)N2CCCN2CCN(c3ccc(F)cc3)CC2)cc1. The average Bonchev–Trinajstić information content (AvgIpc) is 3.25. The molecule has 0 aromatic heterocycles. The zero-order valence-electron chi connectivity index (χ0n) is 25.4. The van der Waals surface area contributed by atoms with Gasteiger partial charge in [0.1, 0.15) is 17.6 Å². The molecule has 10 heteroatoms. The first-order valence-corrected chi connectivity index (χ1v) is 15.7. The topological polar surface area (TPSA) is 68.4 Å². The fourth-order valence-corrected chi connectivity index (χ4v) is 6.02. The van der Waals surface area contributed by atoms with Gasteiger partial charge in [0, 0.05) is 44.1 Å². The second-order valence-electron chi connectivity index (χ2n) is 11.3. The van der Waals surface area contributed by atoms with Gasteiger partial charge in [-0.2, -0.15) is 0 Å². The number of anilines is 3. The highest BCUT2D eigenvalue weighted by Crippen LogP contribution is 2.28. The number of halogens is 1. The molecule has 0 bridgehead atoms. The molecule has 2 heterocycles. The van der Waals surface area contributed by atoms with Crippen LogP contribution in [0.2, 0.25) is 0 Å². The van der Waals surface area contributed by atoms with Gasteiger partial charge in [0.2, 0.25) is 5.91 Å². The van der Waals surface area contributed by atoms with E-state index in [1.54, 1.807) is 17.0 Å². The Hall–Kier alpha value is -4.02. The first-order chi connectivity index (χ1) is 21.3. The van der Waals surface area contributed by atoms with Crippen molar-refractivity contribution in [3.05, 3.63) is 84.2 Å². The molecule has 0 aliphatic carbocycles. The lowest BCUT2D eigenvalue weighted by molar-refractivity contribution is -0.124. The zero-order chi connectivity index (χ0) is 31.1. The average molecular weight is 618 g/mol. The van der Waals surface area contributed by atoms with E-state index in [0.29, 0.717) is 29.6 Å². The van der Waals surface area contributed by atoms with Crippen LogP contribution in [0, 0.1) is 12.7 Å². The van der Waals surface area contributed by atoms with Gasteiger partial charge in [-0.25, -0.2) is 4.39 Å². The summed E-state index contributed by atoms with van der Waals surface area (Å²) in [5, 5.41) is 3.36. The van der Waals surface area contributed by atoms with E-state index in [-0.39, 0.29) is 24.1 Å². The molecule has 2 aliphatic rings. The number of thiocarbonyl (C=S) groups is 1. The van der Waals surface area contributed by atoms with E-state index < -0.39 is 6.04 Å². The molecule has 3 aromatic rings. The van der Waals surface area contributed by atoms with Gasteiger partial charge >= 0.3 is 0 Å². The minimum absolute atomic E-state index is 0.00817. The maximum atomic E-state index is 13.8. The first kappa shape index (κ1) is 31.4. The summed E-state index contributed by atoms with van der Waals surface area (Å²) in [6.07, 6.45) is 1.70.